The highest BCUT2D eigenvalue weighted by Crippen LogP contribution is 2.45. The molecule has 1 atom stereocenters. The van der Waals surface area contributed by atoms with Crippen molar-refractivity contribution in [3.05, 3.63) is 0 Å². The minimum Gasteiger partial charge on any atom is -0.357 e. The lowest BCUT2D eigenvalue weighted by Gasteiger charge is -2.27. The van der Waals surface area contributed by atoms with Crippen LogP contribution in [0.2, 0.25) is 0 Å². The van der Waals surface area contributed by atoms with Crippen LogP contribution in [0.3, 0.4) is 0 Å². The summed E-state index contributed by atoms with van der Waals surface area (Å²) in [6.07, 6.45) is 9.90. The highest BCUT2D eigenvalue weighted by atomic mass is 15.3. The number of likely N-dealkylation sites (tertiary alicyclic amines) is 1. The van der Waals surface area contributed by atoms with Crippen molar-refractivity contribution in [1.29, 1.82) is 0 Å². The smallest absolute Gasteiger partial charge is 0.193 e. The minimum absolute atomic E-state index is 0.619. The van der Waals surface area contributed by atoms with Crippen molar-refractivity contribution in [2.75, 3.05) is 40.3 Å². The lowest BCUT2D eigenvalue weighted by atomic mass is 9.86. The molecule has 0 aromatic heterocycles. The molecule has 1 aliphatic heterocycles. The van der Waals surface area contributed by atoms with E-state index in [4.69, 9.17) is 4.99 Å². The molecule has 2 aliphatic carbocycles. The fraction of sp³-hybridized carbons (Fsp3) is 0.944. The fourth-order valence-electron chi connectivity index (χ4n) is 4.47. The maximum absolute atomic E-state index is 5.02. The average Bonchev–Trinajstić information content (AvgIpc) is 3.08. The zero-order valence-electron chi connectivity index (χ0n) is 14.8. The quantitative estimate of drug-likeness (QED) is 0.625. The SMILES string of the molecule is CCNC(=NCC(C1CC1)N(C)C)N1CCC2(CCCC2)C1. The highest BCUT2D eigenvalue weighted by molar-refractivity contribution is 5.80. The number of nitrogens with zero attached hydrogens (tertiary/aromatic N) is 3. The Kier molecular flexibility index (Phi) is 4.96. The van der Waals surface area contributed by atoms with Gasteiger partial charge in [0.05, 0.1) is 6.54 Å². The van der Waals surface area contributed by atoms with E-state index in [9.17, 15) is 0 Å². The third-order valence-corrected chi connectivity index (χ3v) is 5.99. The summed E-state index contributed by atoms with van der Waals surface area (Å²) in [5.41, 5.74) is 0.619. The van der Waals surface area contributed by atoms with Gasteiger partial charge in [-0.1, -0.05) is 12.8 Å². The summed E-state index contributed by atoms with van der Waals surface area (Å²) in [5.74, 6) is 2.04. The first-order chi connectivity index (χ1) is 10.6. The maximum Gasteiger partial charge on any atom is 0.193 e. The number of hydrogen-bond donors (Lipinski definition) is 1. The summed E-state index contributed by atoms with van der Waals surface area (Å²) in [4.78, 5) is 9.93. The van der Waals surface area contributed by atoms with E-state index < -0.39 is 0 Å². The number of aliphatic imine (C=N–C) groups is 1. The van der Waals surface area contributed by atoms with E-state index >= 15 is 0 Å². The molecule has 4 nitrogen and oxygen atoms in total. The fourth-order valence-corrected chi connectivity index (χ4v) is 4.47. The molecule has 0 aromatic rings. The monoisotopic (exact) mass is 306 g/mol. The van der Waals surface area contributed by atoms with E-state index in [1.54, 1.807) is 0 Å². The molecule has 0 radical (unpaired) electrons. The molecule has 1 spiro atoms. The van der Waals surface area contributed by atoms with Crippen molar-refractivity contribution in [2.24, 2.45) is 16.3 Å². The summed E-state index contributed by atoms with van der Waals surface area (Å²) in [6.45, 7) is 6.53. The van der Waals surface area contributed by atoms with Crippen LogP contribution < -0.4 is 5.32 Å². The molecule has 3 rings (SSSR count). The molecule has 2 saturated carbocycles. The second kappa shape index (κ2) is 6.77. The van der Waals surface area contributed by atoms with Crippen molar-refractivity contribution in [3.63, 3.8) is 0 Å². The molecule has 4 heteroatoms. The van der Waals surface area contributed by atoms with Gasteiger partial charge >= 0.3 is 0 Å². The van der Waals surface area contributed by atoms with Gasteiger partial charge in [0.25, 0.3) is 0 Å². The van der Waals surface area contributed by atoms with E-state index in [0.717, 1.165) is 19.0 Å². The van der Waals surface area contributed by atoms with E-state index in [0.29, 0.717) is 11.5 Å². The van der Waals surface area contributed by atoms with Crippen molar-refractivity contribution >= 4 is 5.96 Å². The van der Waals surface area contributed by atoms with Crippen LogP contribution in [0.5, 0.6) is 0 Å². The molecular weight excluding hydrogens is 272 g/mol. The maximum atomic E-state index is 5.02. The Labute approximate surface area is 136 Å². The van der Waals surface area contributed by atoms with Gasteiger partial charge in [0.2, 0.25) is 0 Å². The first-order valence-electron chi connectivity index (χ1n) is 9.33. The van der Waals surface area contributed by atoms with Crippen molar-refractivity contribution < 1.29 is 0 Å². The Morgan fingerprint density at radius 1 is 1.27 bits per heavy atom. The molecule has 0 aromatic carbocycles. The first-order valence-corrected chi connectivity index (χ1v) is 9.33. The largest absolute Gasteiger partial charge is 0.357 e. The van der Waals surface area contributed by atoms with Crippen LogP contribution in [-0.2, 0) is 0 Å². The number of likely N-dealkylation sites (N-methyl/N-ethyl adjacent to an activating group) is 1. The van der Waals surface area contributed by atoms with Crippen LogP contribution in [0.4, 0.5) is 0 Å². The summed E-state index contributed by atoms with van der Waals surface area (Å²) < 4.78 is 0. The van der Waals surface area contributed by atoms with Crippen molar-refractivity contribution in [2.45, 2.75) is 57.9 Å². The van der Waals surface area contributed by atoms with Gasteiger partial charge in [0.1, 0.15) is 0 Å². The van der Waals surface area contributed by atoms with Gasteiger partial charge in [0, 0.05) is 25.7 Å². The summed E-state index contributed by atoms with van der Waals surface area (Å²) in [5, 5.41) is 3.54. The minimum atomic E-state index is 0.619. The molecule has 0 bridgehead atoms. The summed E-state index contributed by atoms with van der Waals surface area (Å²) in [6, 6.07) is 0.622. The van der Waals surface area contributed by atoms with E-state index in [2.05, 4.69) is 36.1 Å². The zero-order chi connectivity index (χ0) is 15.6. The Bertz CT molecular complexity index is 392. The molecule has 126 valence electrons. The average molecular weight is 306 g/mol. The standard InChI is InChI=1S/C18H34N4/c1-4-19-17(20-13-16(21(2)3)15-7-8-15)22-12-11-18(14-22)9-5-6-10-18/h15-16H,4-14H2,1-3H3,(H,19,20). The number of guanidine groups is 1. The third kappa shape index (κ3) is 3.58. The second-order valence-corrected chi connectivity index (χ2v) is 7.94. The third-order valence-electron chi connectivity index (χ3n) is 5.99. The Morgan fingerprint density at radius 2 is 2.00 bits per heavy atom. The summed E-state index contributed by atoms with van der Waals surface area (Å²) in [7, 11) is 4.41. The van der Waals surface area contributed by atoms with Gasteiger partial charge < -0.3 is 15.1 Å². The van der Waals surface area contributed by atoms with Crippen LogP contribution in [0, 0.1) is 11.3 Å². The normalized spacial score (nSPS) is 26.2. The predicted molar refractivity (Wildman–Crippen MR) is 93.3 cm³/mol. The Balaban J connectivity index is 1.63. The van der Waals surface area contributed by atoms with Gasteiger partial charge in [-0.05, 0) is 64.5 Å². The Morgan fingerprint density at radius 3 is 2.59 bits per heavy atom. The van der Waals surface area contributed by atoms with Crippen LogP contribution in [0.1, 0.15) is 51.9 Å². The first kappa shape index (κ1) is 16.1. The molecule has 3 aliphatic rings. The molecule has 1 unspecified atom stereocenters. The van der Waals surface area contributed by atoms with Gasteiger partial charge in [0.15, 0.2) is 5.96 Å². The van der Waals surface area contributed by atoms with Gasteiger partial charge in [-0.3, -0.25) is 4.99 Å². The number of rotatable bonds is 5. The second-order valence-electron chi connectivity index (χ2n) is 7.94. The highest BCUT2D eigenvalue weighted by Gasteiger charge is 2.41. The van der Waals surface area contributed by atoms with Crippen molar-refractivity contribution in [1.82, 2.24) is 15.1 Å². The summed E-state index contributed by atoms with van der Waals surface area (Å²) >= 11 is 0. The molecule has 1 saturated heterocycles. The van der Waals surface area contributed by atoms with Crippen LogP contribution in [0.25, 0.3) is 0 Å². The van der Waals surface area contributed by atoms with Crippen LogP contribution in [-0.4, -0.2) is 62.1 Å². The lowest BCUT2D eigenvalue weighted by Crippen LogP contribution is -2.42. The van der Waals surface area contributed by atoms with Gasteiger partial charge in [-0.25, -0.2) is 0 Å². The van der Waals surface area contributed by atoms with Gasteiger partial charge in [-0.15, -0.1) is 0 Å². The number of nitrogens with one attached hydrogen (secondary N) is 1. The van der Waals surface area contributed by atoms with E-state index in [-0.39, 0.29) is 0 Å². The molecule has 22 heavy (non-hydrogen) atoms. The molecule has 1 N–H and O–H groups in total. The topological polar surface area (TPSA) is 30.9 Å². The Hall–Kier alpha value is -0.770. The molecular formula is C18H34N4. The van der Waals surface area contributed by atoms with Crippen molar-refractivity contribution in [3.8, 4) is 0 Å². The molecule has 1 heterocycles. The van der Waals surface area contributed by atoms with E-state index in [1.807, 2.05) is 0 Å². The van der Waals surface area contributed by atoms with Gasteiger partial charge in [-0.2, -0.15) is 0 Å². The van der Waals surface area contributed by atoms with E-state index in [1.165, 1.54) is 64.0 Å². The molecule has 0 amide bonds. The van der Waals surface area contributed by atoms with Crippen LogP contribution >= 0.6 is 0 Å². The molecule has 3 fully saturated rings. The zero-order valence-corrected chi connectivity index (χ0v) is 14.8. The predicted octanol–water partition coefficient (Wildman–Crippen LogP) is 2.56. The number of hydrogen-bond acceptors (Lipinski definition) is 2. The van der Waals surface area contributed by atoms with Crippen LogP contribution in [0.15, 0.2) is 4.99 Å². The lowest BCUT2D eigenvalue weighted by molar-refractivity contribution is 0.269.